The van der Waals surface area contributed by atoms with Crippen LogP contribution in [0.15, 0.2) is 60.0 Å². The lowest BCUT2D eigenvalue weighted by molar-refractivity contribution is 0.415. The molecule has 1 heterocycles. The van der Waals surface area contributed by atoms with E-state index in [9.17, 15) is 0 Å². The number of thiazole rings is 1. The van der Waals surface area contributed by atoms with Crippen LogP contribution in [-0.2, 0) is 0 Å². The summed E-state index contributed by atoms with van der Waals surface area (Å²) in [5, 5.41) is 3.12. The van der Waals surface area contributed by atoms with Crippen LogP contribution in [0.3, 0.4) is 0 Å². The molecule has 0 amide bonds. The molecule has 20 heavy (non-hydrogen) atoms. The minimum atomic E-state index is 0. The number of benzene rings is 2. The van der Waals surface area contributed by atoms with E-state index in [2.05, 4.69) is 22.5 Å². The zero-order valence-corrected chi connectivity index (χ0v) is 13.5. The summed E-state index contributed by atoms with van der Waals surface area (Å²) < 4.78 is 5.16. The highest BCUT2D eigenvalue weighted by atomic mass is 79.9. The Morgan fingerprint density at radius 1 is 0.900 bits per heavy atom. The van der Waals surface area contributed by atoms with E-state index in [1.54, 1.807) is 18.4 Å². The van der Waals surface area contributed by atoms with Crippen LogP contribution < -0.4 is 4.74 Å². The minimum Gasteiger partial charge on any atom is -0.497 e. The third-order valence-corrected chi connectivity index (χ3v) is 3.80. The Balaban J connectivity index is 0.00000147. The number of hydrogen-bond donors (Lipinski definition) is 0. The maximum Gasteiger partial charge on any atom is 0.124 e. The van der Waals surface area contributed by atoms with Crippen molar-refractivity contribution in [3.63, 3.8) is 0 Å². The number of aromatic nitrogens is 1. The van der Waals surface area contributed by atoms with Crippen LogP contribution in [0.5, 0.6) is 5.75 Å². The van der Waals surface area contributed by atoms with E-state index in [4.69, 9.17) is 4.74 Å². The second kappa shape index (κ2) is 6.68. The first-order chi connectivity index (χ1) is 9.36. The Kier molecular flexibility index (Phi) is 4.93. The molecule has 0 saturated heterocycles. The number of rotatable bonds is 3. The molecule has 2 nitrogen and oxygen atoms in total. The molecule has 0 aliphatic heterocycles. The smallest absolute Gasteiger partial charge is 0.124 e. The van der Waals surface area contributed by atoms with Gasteiger partial charge in [-0.3, -0.25) is 0 Å². The largest absolute Gasteiger partial charge is 0.497 e. The van der Waals surface area contributed by atoms with E-state index in [1.807, 2.05) is 42.5 Å². The molecule has 2 aromatic carbocycles. The predicted molar refractivity (Wildman–Crippen MR) is 89.9 cm³/mol. The van der Waals surface area contributed by atoms with Crippen LogP contribution in [0.25, 0.3) is 21.8 Å². The van der Waals surface area contributed by atoms with E-state index in [-0.39, 0.29) is 17.0 Å². The van der Waals surface area contributed by atoms with Crippen molar-refractivity contribution in [2.24, 2.45) is 0 Å². The Morgan fingerprint density at radius 2 is 1.60 bits per heavy atom. The SMILES string of the molecule is Br.COc1ccc(-c2nc(-c3ccccc3)cs2)cc1. The van der Waals surface area contributed by atoms with E-state index < -0.39 is 0 Å². The normalized spacial score (nSPS) is 9.85. The van der Waals surface area contributed by atoms with Gasteiger partial charge < -0.3 is 4.74 Å². The van der Waals surface area contributed by atoms with Crippen LogP contribution in [0, 0.1) is 0 Å². The quantitative estimate of drug-likeness (QED) is 0.660. The van der Waals surface area contributed by atoms with Crippen molar-refractivity contribution < 1.29 is 4.74 Å². The van der Waals surface area contributed by atoms with Crippen LogP contribution >= 0.6 is 28.3 Å². The van der Waals surface area contributed by atoms with E-state index in [0.29, 0.717) is 0 Å². The molecule has 3 rings (SSSR count). The summed E-state index contributed by atoms with van der Waals surface area (Å²) in [6.45, 7) is 0. The fraction of sp³-hybridized carbons (Fsp3) is 0.0625. The summed E-state index contributed by atoms with van der Waals surface area (Å²) in [6.07, 6.45) is 0. The standard InChI is InChI=1S/C16H13NOS.BrH/c1-18-14-9-7-13(8-10-14)16-17-15(11-19-16)12-5-3-2-4-6-12;/h2-11H,1H3;1H. The molecule has 0 bridgehead atoms. The summed E-state index contributed by atoms with van der Waals surface area (Å²) in [6, 6.07) is 18.2. The lowest BCUT2D eigenvalue weighted by atomic mass is 10.2. The Bertz CT molecular complexity index is 664. The van der Waals surface area contributed by atoms with Crippen LogP contribution in [-0.4, -0.2) is 12.1 Å². The fourth-order valence-corrected chi connectivity index (χ4v) is 2.72. The van der Waals surface area contributed by atoms with E-state index in [1.165, 1.54) is 0 Å². The lowest BCUT2D eigenvalue weighted by Gasteiger charge is -2.00. The second-order valence-electron chi connectivity index (χ2n) is 4.13. The van der Waals surface area contributed by atoms with Crippen molar-refractivity contribution in [3.05, 3.63) is 60.0 Å². The second-order valence-corrected chi connectivity index (χ2v) is 4.99. The summed E-state index contributed by atoms with van der Waals surface area (Å²) in [7, 11) is 1.67. The Labute approximate surface area is 132 Å². The topological polar surface area (TPSA) is 22.1 Å². The zero-order valence-electron chi connectivity index (χ0n) is 10.9. The van der Waals surface area contributed by atoms with Gasteiger partial charge in [0.1, 0.15) is 10.8 Å². The highest BCUT2D eigenvalue weighted by Gasteiger charge is 2.06. The summed E-state index contributed by atoms with van der Waals surface area (Å²) in [4.78, 5) is 4.68. The molecule has 102 valence electrons. The number of nitrogens with zero attached hydrogens (tertiary/aromatic N) is 1. The molecule has 0 aliphatic carbocycles. The summed E-state index contributed by atoms with van der Waals surface area (Å²) in [5.74, 6) is 0.864. The number of methoxy groups -OCH3 is 1. The average molecular weight is 348 g/mol. The van der Waals surface area contributed by atoms with Gasteiger partial charge >= 0.3 is 0 Å². The highest BCUT2D eigenvalue weighted by molar-refractivity contribution is 8.93. The fourth-order valence-electron chi connectivity index (χ4n) is 1.88. The van der Waals surface area contributed by atoms with Crippen molar-refractivity contribution >= 4 is 28.3 Å². The molecular formula is C16H14BrNOS. The molecule has 0 saturated carbocycles. The molecule has 0 aliphatic rings. The maximum atomic E-state index is 5.16. The average Bonchev–Trinajstić information content (AvgIpc) is 2.98. The van der Waals surface area contributed by atoms with Gasteiger partial charge in [-0.1, -0.05) is 30.3 Å². The third-order valence-electron chi connectivity index (χ3n) is 2.91. The molecule has 0 radical (unpaired) electrons. The van der Waals surface area contributed by atoms with Crippen molar-refractivity contribution in [3.8, 4) is 27.6 Å². The van der Waals surface area contributed by atoms with Gasteiger partial charge in [-0.2, -0.15) is 0 Å². The molecule has 4 heteroatoms. The predicted octanol–water partition coefficient (Wildman–Crippen LogP) is 5.06. The first-order valence-corrected chi connectivity index (χ1v) is 6.90. The molecule has 3 aromatic rings. The Hall–Kier alpha value is -1.65. The van der Waals surface area contributed by atoms with Gasteiger partial charge in [-0.05, 0) is 24.3 Å². The molecule has 0 unspecified atom stereocenters. The summed E-state index contributed by atoms with van der Waals surface area (Å²) >= 11 is 1.66. The maximum absolute atomic E-state index is 5.16. The van der Waals surface area contributed by atoms with Gasteiger partial charge in [0, 0.05) is 16.5 Å². The summed E-state index contributed by atoms with van der Waals surface area (Å²) in [5.41, 5.74) is 3.29. The minimum absolute atomic E-state index is 0. The first kappa shape index (κ1) is 14.8. The van der Waals surface area contributed by atoms with Crippen LogP contribution in [0.4, 0.5) is 0 Å². The first-order valence-electron chi connectivity index (χ1n) is 6.02. The van der Waals surface area contributed by atoms with Crippen molar-refractivity contribution in [2.45, 2.75) is 0 Å². The van der Waals surface area contributed by atoms with Gasteiger partial charge in [0.25, 0.3) is 0 Å². The van der Waals surface area contributed by atoms with E-state index >= 15 is 0 Å². The van der Waals surface area contributed by atoms with Gasteiger partial charge in [-0.25, -0.2) is 4.98 Å². The molecule has 0 spiro atoms. The van der Waals surface area contributed by atoms with Crippen molar-refractivity contribution in [1.82, 2.24) is 4.98 Å². The van der Waals surface area contributed by atoms with Gasteiger partial charge in [0.2, 0.25) is 0 Å². The number of halogens is 1. The van der Waals surface area contributed by atoms with Crippen molar-refractivity contribution in [2.75, 3.05) is 7.11 Å². The van der Waals surface area contributed by atoms with Crippen molar-refractivity contribution in [1.29, 1.82) is 0 Å². The van der Waals surface area contributed by atoms with Gasteiger partial charge in [-0.15, -0.1) is 28.3 Å². The van der Waals surface area contributed by atoms with E-state index in [0.717, 1.165) is 27.6 Å². The number of ether oxygens (including phenoxy) is 1. The molecular weight excluding hydrogens is 334 g/mol. The van der Waals surface area contributed by atoms with Crippen LogP contribution in [0.1, 0.15) is 0 Å². The number of hydrogen-bond acceptors (Lipinski definition) is 3. The molecule has 0 atom stereocenters. The molecule has 0 fully saturated rings. The molecule has 1 aromatic heterocycles. The molecule has 0 N–H and O–H groups in total. The zero-order chi connectivity index (χ0) is 13.1. The van der Waals surface area contributed by atoms with Gasteiger partial charge in [0.05, 0.1) is 12.8 Å². The Morgan fingerprint density at radius 3 is 2.25 bits per heavy atom. The van der Waals surface area contributed by atoms with Crippen LogP contribution in [0.2, 0.25) is 0 Å². The third kappa shape index (κ3) is 3.08. The highest BCUT2D eigenvalue weighted by Crippen LogP contribution is 2.29. The van der Waals surface area contributed by atoms with Gasteiger partial charge in [0.15, 0.2) is 0 Å². The lowest BCUT2D eigenvalue weighted by Crippen LogP contribution is -1.82. The monoisotopic (exact) mass is 347 g/mol.